The second-order valence-corrected chi connectivity index (χ2v) is 10.9. The number of halogens is 1. The number of carbonyl (C=O) groups is 2. The Balaban J connectivity index is 1.23. The number of carbonyl (C=O) groups excluding carboxylic acids is 2. The Morgan fingerprint density at radius 3 is 2.78 bits per heavy atom. The Morgan fingerprint density at radius 2 is 2.08 bits per heavy atom. The Kier molecular flexibility index (Phi) is 5.68. The molecule has 190 valence electrons. The van der Waals surface area contributed by atoms with Gasteiger partial charge < -0.3 is 10.2 Å². The molecule has 2 fully saturated rings. The lowest BCUT2D eigenvalue weighted by atomic mass is 10.0. The van der Waals surface area contributed by atoms with Gasteiger partial charge in [0.15, 0.2) is 11.6 Å². The highest BCUT2D eigenvalue weighted by Gasteiger charge is 2.66. The van der Waals surface area contributed by atoms with E-state index in [0.29, 0.717) is 39.0 Å². The number of thiophene rings is 1. The molecule has 37 heavy (non-hydrogen) atoms. The second-order valence-electron chi connectivity index (χ2n) is 9.89. The van der Waals surface area contributed by atoms with E-state index in [2.05, 4.69) is 43.4 Å². The van der Waals surface area contributed by atoms with Crippen LogP contribution in [0.3, 0.4) is 0 Å². The van der Waals surface area contributed by atoms with Crippen LogP contribution in [0.1, 0.15) is 52.0 Å². The number of amides is 1. The van der Waals surface area contributed by atoms with E-state index in [-0.39, 0.29) is 23.3 Å². The maximum Gasteiger partial charge on any atom is 0.256 e. The number of ketones is 1. The first-order valence-corrected chi connectivity index (χ1v) is 13.2. The van der Waals surface area contributed by atoms with Gasteiger partial charge in [0.2, 0.25) is 5.95 Å². The third-order valence-electron chi connectivity index (χ3n) is 7.69. The van der Waals surface area contributed by atoms with Gasteiger partial charge in [-0.05, 0) is 49.9 Å². The lowest BCUT2D eigenvalue weighted by molar-refractivity contribution is -0.113. The van der Waals surface area contributed by atoms with Crippen LogP contribution >= 0.6 is 11.3 Å². The summed E-state index contributed by atoms with van der Waals surface area (Å²) in [4.78, 5) is 43.4. The van der Waals surface area contributed by atoms with Crippen LogP contribution in [0.25, 0.3) is 10.6 Å². The van der Waals surface area contributed by atoms with Gasteiger partial charge in [0, 0.05) is 32.8 Å². The van der Waals surface area contributed by atoms with Crippen molar-refractivity contribution in [1.82, 2.24) is 24.8 Å². The van der Waals surface area contributed by atoms with Crippen LogP contribution in [0.15, 0.2) is 36.7 Å². The summed E-state index contributed by atoms with van der Waals surface area (Å²) in [7, 11) is 1.65. The molecule has 5 heterocycles. The predicted octanol–water partition coefficient (Wildman–Crippen LogP) is 4.41. The van der Waals surface area contributed by atoms with Crippen molar-refractivity contribution in [3.63, 3.8) is 0 Å². The molecule has 1 saturated heterocycles. The van der Waals surface area contributed by atoms with Gasteiger partial charge >= 0.3 is 0 Å². The van der Waals surface area contributed by atoms with Crippen molar-refractivity contribution in [1.29, 1.82) is 0 Å². The molecule has 10 heteroatoms. The van der Waals surface area contributed by atoms with Crippen molar-refractivity contribution in [2.75, 3.05) is 32.0 Å². The van der Waals surface area contributed by atoms with Gasteiger partial charge in [0.1, 0.15) is 17.1 Å². The molecule has 8 nitrogen and oxygen atoms in total. The van der Waals surface area contributed by atoms with Crippen molar-refractivity contribution >= 4 is 34.8 Å². The topological polar surface area (TPSA) is 91.3 Å². The molecule has 0 bridgehead atoms. The summed E-state index contributed by atoms with van der Waals surface area (Å²) in [6.07, 6.45) is 8.65. The number of allylic oxidation sites excluding steroid dienone is 1. The molecule has 1 aliphatic carbocycles. The molecule has 1 amide bonds. The molecule has 2 atom stereocenters. The summed E-state index contributed by atoms with van der Waals surface area (Å²) in [5, 5.41) is 3.07. The molecule has 0 radical (unpaired) electrons. The Labute approximate surface area is 218 Å². The molecule has 3 aromatic heterocycles. The van der Waals surface area contributed by atoms with E-state index >= 15 is 0 Å². The van der Waals surface area contributed by atoms with E-state index in [0.717, 1.165) is 32.3 Å². The van der Waals surface area contributed by atoms with Gasteiger partial charge in [-0.1, -0.05) is 18.2 Å². The van der Waals surface area contributed by atoms with E-state index < -0.39 is 11.4 Å². The van der Waals surface area contributed by atoms with Crippen molar-refractivity contribution in [2.45, 2.75) is 38.1 Å². The minimum atomic E-state index is -0.876. The van der Waals surface area contributed by atoms with Crippen LogP contribution in [-0.4, -0.2) is 63.1 Å². The molecule has 3 aliphatic rings. The molecule has 1 spiro atoms. The largest absolute Gasteiger partial charge is 0.324 e. The fraction of sp³-hybridized carbons (Fsp3) is 0.370. The molecule has 0 aromatic carbocycles. The van der Waals surface area contributed by atoms with E-state index in [1.54, 1.807) is 14.0 Å². The highest BCUT2D eigenvalue weighted by molar-refractivity contribution is 7.16. The number of rotatable bonds is 6. The SMILES string of the molecule is C/C=C/CN1CCC(c2ccc(Nc3ncc(F)c(-c4sc5c(c4C)C(=O)N(C)C54CC4=O)n3)nc2)C1. The normalized spacial score (nSPS) is 23.0. The predicted molar refractivity (Wildman–Crippen MR) is 140 cm³/mol. The van der Waals surface area contributed by atoms with Gasteiger partial charge in [0.05, 0.1) is 21.5 Å². The Bertz CT molecular complexity index is 1450. The quantitative estimate of drug-likeness (QED) is 0.484. The average Bonchev–Trinajstić information content (AvgIpc) is 3.17. The standard InChI is InChI=1S/C27H27FN6O2S/c1-4-5-9-34-10-8-17(14-34)16-6-7-20(29-12-16)31-26-30-13-18(28)22(32-26)23-15(2)21-24(37-23)27(11-19(27)35)33(3)25(21)36/h4-7,12-13,17H,8-11,14H2,1-3H3,(H,29,30,31,32)/b5-4+. The summed E-state index contributed by atoms with van der Waals surface area (Å²) in [5.41, 5.74) is 1.56. The van der Waals surface area contributed by atoms with E-state index in [1.165, 1.54) is 21.8 Å². The molecule has 2 unspecified atom stereocenters. The fourth-order valence-corrected chi connectivity index (χ4v) is 6.96. The van der Waals surface area contributed by atoms with Crippen molar-refractivity contribution < 1.29 is 14.0 Å². The molecule has 2 aliphatic heterocycles. The minimum Gasteiger partial charge on any atom is -0.324 e. The van der Waals surface area contributed by atoms with Crippen LogP contribution in [0.5, 0.6) is 0 Å². The summed E-state index contributed by atoms with van der Waals surface area (Å²) in [6.45, 7) is 6.87. The molecular weight excluding hydrogens is 491 g/mol. The van der Waals surface area contributed by atoms with Crippen LogP contribution in [0.4, 0.5) is 16.2 Å². The molecule has 3 aromatic rings. The number of likely N-dealkylation sites (tertiary alicyclic amines) is 1. The number of hydrogen-bond donors (Lipinski definition) is 1. The maximum absolute atomic E-state index is 14.9. The summed E-state index contributed by atoms with van der Waals surface area (Å²) < 4.78 is 14.9. The zero-order valence-corrected chi connectivity index (χ0v) is 21.7. The summed E-state index contributed by atoms with van der Waals surface area (Å²) in [5.74, 6) is 0.451. The number of anilines is 2. The smallest absolute Gasteiger partial charge is 0.256 e. The first-order chi connectivity index (χ1) is 17.8. The van der Waals surface area contributed by atoms with Crippen LogP contribution in [0.2, 0.25) is 0 Å². The monoisotopic (exact) mass is 518 g/mol. The number of Topliss-reactive ketones (excluding diaryl/α,β-unsaturated/α-hetero) is 1. The van der Waals surface area contributed by atoms with Gasteiger partial charge in [-0.2, -0.15) is 0 Å². The first kappa shape index (κ1) is 23.9. The third kappa shape index (κ3) is 3.77. The molecule has 1 N–H and O–H groups in total. The highest BCUT2D eigenvalue weighted by Crippen LogP contribution is 2.57. The third-order valence-corrected chi connectivity index (χ3v) is 9.14. The summed E-state index contributed by atoms with van der Waals surface area (Å²) >= 11 is 1.27. The number of nitrogens with one attached hydrogen (secondary N) is 1. The Morgan fingerprint density at radius 1 is 1.27 bits per heavy atom. The van der Waals surface area contributed by atoms with Gasteiger partial charge in [-0.3, -0.25) is 14.5 Å². The number of hydrogen-bond acceptors (Lipinski definition) is 8. The van der Waals surface area contributed by atoms with Crippen molar-refractivity contribution in [2.24, 2.45) is 0 Å². The molecule has 6 rings (SSSR count). The number of likely N-dealkylation sites (N-methyl/N-ethyl adjacent to an activating group) is 1. The second kappa shape index (κ2) is 8.81. The number of fused-ring (bicyclic) bond motifs is 2. The number of aromatic nitrogens is 3. The van der Waals surface area contributed by atoms with Gasteiger partial charge in [0.25, 0.3) is 5.91 Å². The zero-order valence-electron chi connectivity index (χ0n) is 20.9. The average molecular weight is 519 g/mol. The van der Waals surface area contributed by atoms with Gasteiger partial charge in [-0.25, -0.2) is 19.3 Å². The fourth-order valence-electron chi connectivity index (χ4n) is 5.43. The van der Waals surface area contributed by atoms with E-state index in [1.807, 2.05) is 19.2 Å². The zero-order chi connectivity index (χ0) is 25.9. The summed E-state index contributed by atoms with van der Waals surface area (Å²) in [6, 6.07) is 3.95. The van der Waals surface area contributed by atoms with Crippen molar-refractivity contribution in [3.05, 3.63) is 64.1 Å². The number of pyridine rings is 1. The molecular formula is C27H27FN6O2S. The molecule has 1 saturated carbocycles. The van der Waals surface area contributed by atoms with Crippen LogP contribution in [0, 0.1) is 12.7 Å². The van der Waals surface area contributed by atoms with Gasteiger partial charge in [-0.15, -0.1) is 11.3 Å². The van der Waals surface area contributed by atoms with E-state index in [4.69, 9.17) is 0 Å². The first-order valence-electron chi connectivity index (χ1n) is 12.4. The minimum absolute atomic E-state index is 0.0121. The van der Waals surface area contributed by atoms with Crippen LogP contribution < -0.4 is 5.32 Å². The Hall–Kier alpha value is -3.50. The number of nitrogens with zero attached hydrogens (tertiary/aromatic N) is 5. The van der Waals surface area contributed by atoms with Crippen molar-refractivity contribution in [3.8, 4) is 10.6 Å². The maximum atomic E-state index is 14.9. The lowest BCUT2D eigenvalue weighted by Gasteiger charge is -2.17. The highest BCUT2D eigenvalue weighted by atomic mass is 32.1. The van der Waals surface area contributed by atoms with E-state index in [9.17, 15) is 14.0 Å². The van der Waals surface area contributed by atoms with Crippen LogP contribution in [-0.2, 0) is 10.3 Å². The lowest BCUT2D eigenvalue weighted by Crippen LogP contribution is -2.31.